The highest BCUT2D eigenvalue weighted by atomic mass is 16.4. The number of aromatic nitrogens is 1. The number of fused-ring (bicyclic) bond motifs is 2. The van der Waals surface area contributed by atoms with E-state index < -0.39 is 0 Å². The first-order chi connectivity index (χ1) is 14.4. The molecule has 0 spiro atoms. The molecule has 0 saturated carbocycles. The molecule has 0 saturated heterocycles. The zero-order valence-corrected chi connectivity index (χ0v) is 17.2. The van der Waals surface area contributed by atoms with Crippen molar-refractivity contribution in [1.82, 2.24) is 4.57 Å². The van der Waals surface area contributed by atoms with E-state index >= 15 is 0 Å². The van der Waals surface area contributed by atoms with E-state index in [2.05, 4.69) is 4.57 Å². The standard InChI is InChI=1S/C25H22N2O3/c1-15-12-23(28)30-22-13-18(10-11-19(15)22)14-26-21-7-5-4-6-20(21)24(25(26)29)27-16(2)8-9-17(27)3/h4-13,24H,14H2,1-3H3. The first-order valence-corrected chi connectivity index (χ1v) is 10.0. The average molecular weight is 398 g/mol. The Morgan fingerprint density at radius 2 is 1.63 bits per heavy atom. The van der Waals surface area contributed by atoms with Crippen molar-refractivity contribution < 1.29 is 9.21 Å². The Hall–Kier alpha value is -3.60. The smallest absolute Gasteiger partial charge is 0.336 e. The van der Waals surface area contributed by atoms with Crippen LogP contribution in [0.25, 0.3) is 11.0 Å². The van der Waals surface area contributed by atoms with Crippen molar-refractivity contribution in [2.24, 2.45) is 0 Å². The van der Waals surface area contributed by atoms with E-state index in [1.165, 1.54) is 6.07 Å². The molecule has 0 bridgehead atoms. The highest BCUT2D eigenvalue weighted by Gasteiger charge is 2.39. The molecule has 3 heterocycles. The Morgan fingerprint density at radius 3 is 2.40 bits per heavy atom. The summed E-state index contributed by atoms with van der Waals surface area (Å²) in [5.74, 6) is 0.0457. The SMILES string of the molecule is Cc1cc(=O)oc2cc(CN3C(=O)C(n4c(C)ccc4C)c4ccccc43)ccc12. The molecule has 0 radical (unpaired) electrons. The quantitative estimate of drug-likeness (QED) is 0.472. The van der Waals surface area contributed by atoms with Crippen LogP contribution < -0.4 is 10.5 Å². The molecule has 5 heteroatoms. The summed E-state index contributed by atoms with van der Waals surface area (Å²) < 4.78 is 7.49. The van der Waals surface area contributed by atoms with Gasteiger partial charge in [0.05, 0.1) is 6.54 Å². The van der Waals surface area contributed by atoms with Crippen molar-refractivity contribution in [2.75, 3.05) is 4.90 Å². The number of amides is 1. The lowest BCUT2D eigenvalue weighted by Gasteiger charge is -2.20. The van der Waals surface area contributed by atoms with Crippen molar-refractivity contribution >= 4 is 22.6 Å². The second-order valence-corrected chi connectivity index (χ2v) is 7.95. The summed E-state index contributed by atoms with van der Waals surface area (Å²) in [5.41, 5.74) is 6.04. The molecule has 2 aromatic carbocycles. The zero-order chi connectivity index (χ0) is 21.0. The number of para-hydroxylation sites is 1. The van der Waals surface area contributed by atoms with Crippen molar-refractivity contribution in [3.63, 3.8) is 0 Å². The molecule has 0 fully saturated rings. The second-order valence-electron chi connectivity index (χ2n) is 7.95. The average Bonchev–Trinajstić information content (AvgIpc) is 3.18. The van der Waals surface area contributed by atoms with Gasteiger partial charge in [-0.3, -0.25) is 4.79 Å². The van der Waals surface area contributed by atoms with Gasteiger partial charge >= 0.3 is 5.63 Å². The van der Waals surface area contributed by atoms with E-state index in [9.17, 15) is 9.59 Å². The van der Waals surface area contributed by atoms with Gasteiger partial charge in [0.2, 0.25) is 0 Å². The maximum atomic E-state index is 13.6. The fraction of sp³-hybridized carbons (Fsp3) is 0.200. The summed E-state index contributed by atoms with van der Waals surface area (Å²) in [6.07, 6.45) is 0. The van der Waals surface area contributed by atoms with Gasteiger partial charge in [-0.25, -0.2) is 4.79 Å². The van der Waals surface area contributed by atoms with Crippen LogP contribution in [-0.4, -0.2) is 10.5 Å². The van der Waals surface area contributed by atoms with Crippen LogP contribution in [0.5, 0.6) is 0 Å². The van der Waals surface area contributed by atoms with E-state index in [0.717, 1.165) is 39.2 Å². The van der Waals surface area contributed by atoms with Gasteiger partial charge in [-0.1, -0.05) is 30.3 Å². The van der Waals surface area contributed by atoms with Gasteiger partial charge in [-0.2, -0.15) is 0 Å². The predicted octanol–water partition coefficient (Wildman–Crippen LogP) is 4.66. The summed E-state index contributed by atoms with van der Waals surface area (Å²) in [5, 5.41) is 0.906. The van der Waals surface area contributed by atoms with Gasteiger partial charge in [0, 0.05) is 34.1 Å². The number of nitrogens with zero attached hydrogens (tertiary/aromatic N) is 2. The molecule has 5 nitrogen and oxygen atoms in total. The van der Waals surface area contributed by atoms with Crippen molar-refractivity contribution in [2.45, 2.75) is 33.4 Å². The molecule has 30 heavy (non-hydrogen) atoms. The lowest BCUT2D eigenvalue weighted by Crippen LogP contribution is -2.31. The fourth-order valence-electron chi connectivity index (χ4n) is 4.51. The lowest BCUT2D eigenvalue weighted by molar-refractivity contribution is -0.120. The van der Waals surface area contributed by atoms with Gasteiger partial charge in [-0.15, -0.1) is 0 Å². The summed E-state index contributed by atoms with van der Waals surface area (Å²) in [4.78, 5) is 27.2. The Morgan fingerprint density at radius 1 is 0.900 bits per heavy atom. The minimum atomic E-state index is -0.364. The minimum absolute atomic E-state index is 0.0457. The summed E-state index contributed by atoms with van der Waals surface area (Å²) in [7, 11) is 0. The minimum Gasteiger partial charge on any atom is -0.423 e. The number of aryl methyl sites for hydroxylation is 3. The first kappa shape index (κ1) is 18.4. The molecule has 0 N–H and O–H groups in total. The van der Waals surface area contributed by atoms with Crippen LogP contribution in [0.4, 0.5) is 5.69 Å². The normalized spacial score (nSPS) is 15.8. The Kier molecular flexibility index (Phi) is 4.13. The second kappa shape index (κ2) is 6.73. The van der Waals surface area contributed by atoms with Gasteiger partial charge in [0.25, 0.3) is 5.91 Å². The molecule has 1 atom stereocenters. The molecular formula is C25H22N2O3. The van der Waals surface area contributed by atoms with Crippen LogP contribution in [0.15, 0.2) is 69.9 Å². The van der Waals surface area contributed by atoms with Crippen LogP contribution in [0.3, 0.4) is 0 Å². The molecule has 0 aliphatic carbocycles. The molecule has 1 aliphatic heterocycles. The number of hydrogen-bond acceptors (Lipinski definition) is 3. The third-order valence-corrected chi connectivity index (χ3v) is 5.96. The van der Waals surface area contributed by atoms with Crippen LogP contribution in [-0.2, 0) is 11.3 Å². The van der Waals surface area contributed by atoms with Crippen molar-refractivity contribution in [1.29, 1.82) is 0 Å². The molecular weight excluding hydrogens is 376 g/mol. The molecule has 1 unspecified atom stereocenters. The van der Waals surface area contributed by atoms with E-state index in [1.54, 1.807) is 0 Å². The maximum Gasteiger partial charge on any atom is 0.336 e. The molecule has 150 valence electrons. The number of hydrogen-bond donors (Lipinski definition) is 0. The van der Waals surface area contributed by atoms with Gasteiger partial charge in [-0.05, 0) is 56.2 Å². The largest absolute Gasteiger partial charge is 0.423 e. The first-order valence-electron chi connectivity index (χ1n) is 10.0. The van der Waals surface area contributed by atoms with Gasteiger partial charge < -0.3 is 13.9 Å². The third-order valence-electron chi connectivity index (χ3n) is 5.96. The molecule has 2 aromatic heterocycles. The Balaban J connectivity index is 1.58. The summed E-state index contributed by atoms with van der Waals surface area (Å²) in [6.45, 7) is 6.36. The highest BCUT2D eigenvalue weighted by molar-refractivity contribution is 6.05. The number of anilines is 1. The van der Waals surface area contributed by atoms with Gasteiger partial charge in [0.1, 0.15) is 11.6 Å². The number of carbonyl (C=O) groups is 1. The predicted molar refractivity (Wildman–Crippen MR) is 117 cm³/mol. The van der Waals surface area contributed by atoms with Crippen LogP contribution >= 0.6 is 0 Å². The fourth-order valence-corrected chi connectivity index (χ4v) is 4.51. The maximum absolute atomic E-state index is 13.6. The topological polar surface area (TPSA) is 55.5 Å². The summed E-state index contributed by atoms with van der Waals surface area (Å²) in [6, 6.07) is 19.0. The molecule has 4 aromatic rings. The van der Waals surface area contributed by atoms with Gasteiger partial charge in [0.15, 0.2) is 0 Å². The zero-order valence-electron chi connectivity index (χ0n) is 17.2. The number of benzene rings is 2. The molecule has 1 amide bonds. The lowest BCUT2D eigenvalue weighted by atomic mass is 10.1. The van der Waals surface area contributed by atoms with E-state index in [4.69, 9.17) is 4.42 Å². The van der Waals surface area contributed by atoms with Crippen molar-refractivity contribution in [3.05, 3.63) is 99.2 Å². The molecule has 5 rings (SSSR count). The van der Waals surface area contributed by atoms with Crippen molar-refractivity contribution in [3.8, 4) is 0 Å². The Bertz CT molecular complexity index is 1340. The highest BCUT2D eigenvalue weighted by Crippen LogP contribution is 2.40. The van der Waals surface area contributed by atoms with Crippen LogP contribution in [0.1, 0.15) is 34.1 Å². The number of carbonyl (C=O) groups excluding carboxylic acids is 1. The number of rotatable bonds is 3. The molecule has 1 aliphatic rings. The van der Waals surface area contributed by atoms with E-state index in [-0.39, 0.29) is 17.6 Å². The van der Waals surface area contributed by atoms with E-state index in [1.807, 2.05) is 80.3 Å². The Labute approximate surface area is 174 Å². The summed E-state index contributed by atoms with van der Waals surface area (Å²) >= 11 is 0. The monoisotopic (exact) mass is 398 g/mol. The van der Waals surface area contributed by atoms with E-state index in [0.29, 0.717) is 12.1 Å². The van der Waals surface area contributed by atoms with Crippen LogP contribution in [0.2, 0.25) is 0 Å². The van der Waals surface area contributed by atoms with Crippen LogP contribution in [0, 0.1) is 20.8 Å². The third kappa shape index (κ3) is 2.77.